The molecule has 1 aromatic rings. The summed E-state index contributed by atoms with van der Waals surface area (Å²) in [4.78, 5) is 32.5. The maximum absolute atomic E-state index is 12.5. The van der Waals surface area contributed by atoms with Crippen LogP contribution < -0.4 is 5.32 Å². The Morgan fingerprint density at radius 2 is 1.91 bits per heavy atom. The number of hydrogen-bond donors (Lipinski definition) is 2. The number of alkyl halides is 3. The molecule has 3 atom stereocenters. The Morgan fingerprint density at radius 3 is 2.50 bits per heavy atom. The summed E-state index contributed by atoms with van der Waals surface area (Å²) >= 11 is 0. The van der Waals surface area contributed by atoms with E-state index >= 15 is 0 Å². The molecule has 8 nitrogen and oxygen atoms in total. The molecule has 0 bridgehead atoms. The number of carbonyl (C=O) groups excluding carboxylic acids is 1. The number of amides is 1. The van der Waals surface area contributed by atoms with Gasteiger partial charge in [-0.2, -0.15) is 13.2 Å². The third-order valence-electron chi connectivity index (χ3n) is 6.24. The van der Waals surface area contributed by atoms with Crippen LogP contribution in [0.25, 0.3) is 0 Å². The van der Waals surface area contributed by atoms with Crippen LogP contribution in [0.15, 0.2) is 12.4 Å². The summed E-state index contributed by atoms with van der Waals surface area (Å²) in [7, 11) is 0. The number of ether oxygens (including phenoxy) is 1. The van der Waals surface area contributed by atoms with Crippen LogP contribution >= 0.6 is 0 Å². The molecular formula is C21H29F3N4O4. The van der Waals surface area contributed by atoms with Gasteiger partial charge in [0.25, 0.3) is 0 Å². The molecule has 0 spiro atoms. The molecule has 1 aliphatic carbocycles. The number of fused-ring (bicyclic) bond motifs is 1. The van der Waals surface area contributed by atoms with Gasteiger partial charge in [-0.05, 0) is 45.1 Å². The van der Waals surface area contributed by atoms with Crippen molar-refractivity contribution in [1.82, 2.24) is 20.2 Å². The number of hydrogen-bond acceptors (Lipinski definition) is 6. The molecule has 3 heterocycles. The fraction of sp³-hybridized carbons (Fsp3) is 0.714. The van der Waals surface area contributed by atoms with E-state index in [4.69, 9.17) is 14.6 Å². The SMILES string of the molecule is Cc1cnc(CNC(=O)[C@H]2C[C@@H]3CCN(C4CCCC4)C[C@H]3O2)cn1.O=C(O)C(F)(F)F. The quantitative estimate of drug-likeness (QED) is 0.714. The molecule has 2 N–H and O–H groups in total. The van der Waals surface area contributed by atoms with Crippen molar-refractivity contribution in [3.63, 3.8) is 0 Å². The summed E-state index contributed by atoms with van der Waals surface area (Å²) < 4.78 is 37.9. The molecule has 32 heavy (non-hydrogen) atoms. The second kappa shape index (κ2) is 10.6. The average Bonchev–Trinajstić information content (AvgIpc) is 3.42. The third kappa shape index (κ3) is 6.61. The first-order valence-electron chi connectivity index (χ1n) is 10.9. The molecule has 2 saturated heterocycles. The van der Waals surface area contributed by atoms with Crippen LogP contribution in [0, 0.1) is 12.8 Å². The Bertz CT molecular complexity index is 784. The Hall–Kier alpha value is -2.27. The van der Waals surface area contributed by atoms with Gasteiger partial charge in [0.05, 0.1) is 30.2 Å². The van der Waals surface area contributed by atoms with E-state index in [9.17, 15) is 18.0 Å². The normalized spacial score (nSPS) is 26.2. The van der Waals surface area contributed by atoms with E-state index in [0.717, 1.165) is 36.8 Å². The largest absolute Gasteiger partial charge is 0.490 e. The highest BCUT2D eigenvalue weighted by Crippen LogP contribution is 2.36. The van der Waals surface area contributed by atoms with E-state index in [1.165, 1.54) is 32.2 Å². The minimum atomic E-state index is -5.08. The van der Waals surface area contributed by atoms with E-state index in [0.29, 0.717) is 12.5 Å². The topological polar surface area (TPSA) is 105 Å². The molecule has 0 aromatic carbocycles. The van der Waals surface area contributed by atoms with Crippen molar-refractivity contribution in [2.24, 2.45) is 5.92 Å². The van der Waals surface area contributed by atoms with Crippen LogP contribution in [0.4, 0.5) is 13.2 Å². The number of carboxylic acids is 1. The monoisotopic (exact) mass is 458 g/mol. The number of halogens is 3. The van der Waals surface area contributed by atoms with Crippen molar-refractivity contribution >= 4 is 11.9 Å². The molecule has 1 saturated carbocycles. The molecule has 1 amide bonds. The lowest BCUT2D eigenvalue weighted by atomic mass is 9.90. The first-order valence-corrected chi connectivity index (χ1v) is 10.9. The van der Waals surface area contributed by atoms with Crippen LogP contribution in [0.5, 0.6) is 0 Å². The lowest BCUT2D eigenvalue weighted by Gasteiger charge is -2.37. The predicted octanol–water partition coefficient (Wildman–Crippen LogP) is 2.46. The smallest absolute Gasteiger partial charge is 0.475 e. The van der Waals surface area contributed by atoms with Gasteiger partial charge in [-0.25, -0.2) is 4.79 Å². The zero-order chi connectivity index (χ0) is 23.3. The highest BCUT2D eigenvalue weighted by atomic mass is 19.4. The van der Waals surface area contributed by atoms with E-state index in [2.05, 4.69) is 20.2 Å². The summed E-state index contributed by atoms with van der Waals surface area (Å²) in [5.41, 5.74) is 1.66. The zero-order valence-electron chi connectivity index (χ0n) is 18.0. The van der Waals surface area contributed by atoms with Crippen LogP contribution in [-0.4, -0.2) is 69.4 Å². The second-order valence-corrected chi connectivity index (χ2v) is 8.55. The van der Waals surface area contributed by atoms with Gasteiger partial charge in [-0.1, -0.05) is 12.8 Å². The molecule has 178 valence electrons. The predicted molar refractivity (Wildman–Crippen MR) is 108 cm³/mol. The fourth-order valence-corrected chi connectivity index (χ4v) is 4.53. The van der Waals surface area contributed by atoms with Gasteiger partial charge in [-0.15, -0.1) is 0 Å². The summed E-state index contributed by atoms with van der Waals surface area (Å²) in [6.07, 6.45) is 5.68. The minimum Gasteiger partial charge on any atom is -0.475 e. The van der Waals surface area contributed by atoms with Crippen molar-refractivity contribution in [1.29, 1.82) is 0 Å². The minimum absolute atomic E-state index is 0.0100. The lowest BCUT2D eigenvalue weighted by Crippen LogP contribution is -2.46. The number of carbonyl (C=O) groups is 2. The second-order valence-electron chi connectivity index (χ2n) is 8.55. The van der Waals surface area contributed by atoms with E-state index in [1.54, 1.807) is 12.4 Å². The fourth-order valence-electron chi connectivity index (χ4n) is 4.53. The van der Waals surface area contributed by atoms with Gasteiger partial charge in [-0.3, -0.25) is 19.7 Å². The standard InChI is InChI=1S/C19H28N4O2.C2HF3O2/c1-13-9-21-15(10-20-13)11-22-19(24)17-8-14-6-7-23(12-18(14)25-17)16-4-2-3-5-16;3-2(4,5)1(6)7/h9-10,14,16-18H,2-8,11-12H2,1H3,(H,22,24);(H,6,7)/t14-,17+,18+;/m0./s1. The molecular weight excluding hydrogens is 429 g/mol. The lowest BCUT2D eigenvalue weighted by molar-refractivity contribution is -0.192. The molecule has 0 radical (unpaired) electrons. The number of aromatic nitrogens is 2. The number of nitrogens with one attached hydrogen (secondary N) is 1. The Morgan fingerprint density at radius 1 is 1.22 bits per heavy atom. The first kappa shape index (κ1) is 24.4. The van der Waals surface area contributed by atoms with Gasteiger partial charge in [0.15, 0.2) is 0 Å². The maximum Gasteiger partial charge on any atom is 0.490 e. The molecule has 0 unspecified atom stereocenters. The molecule has 1 aromatic heterocycles. The molecule has 2 aliphatic heterocycles. The molecule has 4 rings (SSSR count). The van der Waals surface area contributed by atoms with Crippen LogP contribution in [-0.2, 0) is 20.9 Å². The van der Waals surface area contributed by atoms with Gasteiger partial charge in [0.1, 0.15) is 6.10 Å². The van der Waals surface area contributed by atoms with Gasteiger partial charge >= 0.3 is 12.1 Å². The zero-order valence-corrected chi connectivity index (χ0v) is 18.0. The number of aryl methyl sites for hydroxylation is 1. The molecule has 3 aliphatic rings. The number of aliphatic carboxylic acids is 1. The molecule has 3 fully saturated rings. The van der Waals surface area contributed by atoms with Crippen molar-refractivity contribution in [2.45, 2.75) is 76.4 Å². The van der Waals surface area contributed by atoms with Gasteiger partial charge in [0, 0.05) is 18.8 Å². The highest BCUT2D eigenvalue weighted by molar-refractivity contribution is 5.81. The van der Waals surface area contributed by atoms with Gasteiger partial charge in [0.2, 0.25) is 5.91 Å². The third-order valence-corrected chi connectivity index (χ3v) is 6.24. The number of nitrogens with zero attached hydrogens (tertiary/aromatic N) is 3. The maximum atomic E-state index is 12.5. The van der Waals surface area contributed by atoms with E-state index in [1.807, 2.05) is 6.92 Å². The Kier molecular flexibility index (Phi) is 8.05. The van der Waals surface area contributed by atoms with Crippen molar-refractivity contribution < 1.29 is 32.6 Å². The van der Waals surface area contributed by atoms with Crippen LogP contribution in [0.2, 0.25) is 0 Å². The summed E-state index contributed by atoms with van der Waals surface area (Å²) in [6.45, 7) is 4.48. The van der Waals surface area contributed by atoms with E-state index < -0.39 is 12.1 Å². The highest BCUT2D eigenvalue weighted by Gasteiger charge is 2.43. The van der Waals surface area contributed by atoms with E-state index in [-0.39, 0.29) is 18.1 Å². The number of piperidine rings is 1. The van der Waals surface area contributed by atoms with Crippen molar-refractivity contribution in [3.8, 4) is 0 Å². The molecule has 11 heteroatoms. The number of rotatable bonds is 4. The van der Waals surface area contributed by atoms with Crippen molar-refractivity contribution in [2.75, 3.05) is 13.1 Å². The number of carboxylic acid groups (broad SMARTS) is 1. The average molecular weight is 458 g/mol. The summed E-state index contributed by atoms with van der Waals surface area (Å²) in [5.74, 6) is -2.23. The Labute approximate surface area is 184 Å². The number of likely N-dealkylation sites (tertiary alicyclic amines) is 1. The van der Waals surface area contributed by atoms with Gasteiger partial charge < -0.3 is 15.2 Å². The van der Waals surface area contributed by atoms with Crippen LogP contribution in [0.3, 0.4) is 0 Å². The Balaban J connectivity index is 0.000000360. The first-order chi connectivity index (χ1) is 15.1. The van der Waals surface area contributed by atoms with Crippen LogP contribution in [0.1, 0.15) is 49.9 Å². The summed E-state index contributed by atoms with van der Waals surface area (Å²) in [6, 6.07) is 0.748. The summed E-state index contributed by atoms with van der Waals surface area (Å²) in [5, 5.41) is 10.1. The van der Waals surface area contributed by atoms with Crippen molar-refractivity contribution in [3.05, 3.63) is 23.8 Å².